The Labute approximate surface area is 164 Å². The molecule has 9 nitrogen and oxygen atoms in total. The van der Waals surface area contributed by atoms with Gasteiger partial charge in [0.1, 0.15) is 5.82 Å². The number of piperazine rings is 1. The number of nitrogens with zero attached hydrogens (tertiary/aromatic N) is 7. The smallest absolute Gasteiger partial charge is 0.316 e. The van der Waals surface area contributed by atoms with Crippen LogP contribution in [0.3, 0.4) is 0 Å². The summed E-state index contributed by atoms with van der Waals surface area (Å²) in [5, 5.41) is 0. The van der Waals surface area contributed by atoms with Crippen LogP contribution < -0.4 is 14.5 Å². The number of aryl methyl sites for hydroxylation is 1. The highest BCUT2D eigenvalue weighted by molar-refractivity contribution is 5.78. The molecule has 148 valence electrons. The van der Waals surface area contributed by atoms with Crippen LogP contribution in [0.25, 0.3) is 0 Å². The first-order valence-electron chi connectivity index (χ1n) is 9.72. The molecule has 9 heteroatoms. The van der Waals surface area contributed by atoms with Crippen molar-refractivity contribution in [3.8, 4) is 6.01 Å². The van der Waals surface area contributed by atoms with Crippen LogP contribution in [0.5, 0.6) is 6.01 Å². The summed E-state index contributed by atoms with van der Waals surface area (Å²) in [6, 6.07) is 3.98. The number of amides is 1. The number of rotatable bonds is 5. The third kappa shape index (κ3) is 4.29. The van der Waals surface area contributed by atoms with Crippen molar-refractivity contribution >= 4 is 17.7 Å². The minimum atomic E-state index is -0.0602. The number of hydrogen-bond donors (Lipinski definition) is 0. The zero-order valence-electron chi connectivity index (χ0n) is 16.1. The number of ether oxygens (including phenoxy) is 1. The van der Waals surface area contributed by atoms with Gasteiger partial charge in [-0.05, 0) is 25.8 Å². The zero-order chi connectivity index (χ0) is 19.3. The lowest BCUT2D eigenvalue weighted by molar-refractivity contribution is -0.133. The molecule has 0 bridgehead atoms. The maximum Gasteiger partial charge on any atom is 0.316 e. The molecule has 28 heavy (non-hydrogen) atoms. The second-order valence-electron chi connectivity index (χ2n) is 7.05. The molecule has 0 radical (unpaired) electrons. The molecule has 0 aromatic carbocycles. The summed E-state index contributed by atoms with van der Waals surface area (Å²) in [7, 11) is 0. The van der Waals surface area contributed by atoms with E-state index in [1.807, 2.05) is 6.92 Å². The summed E-state index contributed by atoms with van der Waals surface area (Å²) >= 11 is 0. The lowest BCUT2D eigenvalue weighted by Crippen LogP contribution is -2.50. The third-order valence-electron chi connectivity index (χ3n) is 5.04. The van der Waals surface area contributed by atoms with Crippen LogP contribution in [0.4, 0.5) is 11.8 Å². The van der Waals surface area contributed by atoms with Gasteiger partial charge in [0.2, 0.25) is 5.95 Å². The van der Waals surface area contributed by atoms with Crippen LogP contribution in [0.15, 0.2) is 24.5 Å². The van der Waals surface area contributed by atoms with E-state index in [2.05, 4.69) is 30.8 Å². The van der Waals surface area contributed by atoms with Gasteiger partial charge in [-0.2, -0.15) is 4.98 Å². The fourth-order valence-electron chi connectivity index (χ4n) is 3.52. The van der Waals surface area contributed by atoms with E-state index >= 15 is 0 Å². The molecule has 0 spiro atoms. The van der Waals surface area contributed by atoms with Gasteiger partial charge in [0.25, 0.3) is 5.91 Å². The molecule has 2 saturated heterocycles. The summed E-state index contributed by atoms with van der Waals surface area (Å²) in [6.07, 6.45) is 5.61. The van der Waals surface area contributed by atoms with Gasteiger partial charge >= 0.3 is 6.01 Å². The third-order valence-corrected chi connectivity index (χ3v) is 5.04. The van der Waals surface area contributed by atoms with Crippen molar-refractivity contribution in [3.63, 3.8) is 0 Å². The Kier molecular flexibility index (Phi) is 5.50. The van der Waals surface area contributed by atoms with Gasteiger partial charge in [-0.1, -0.05) is 0 Å². The molecule has 0 N–H and O–H groups in total. The van der Waals surface area contributed by atoms with Gasteiger partial charge in [-0.15, -0.1) is 0 Å². The van der Waals surface area contributed by atoms with E-state index in [9.17, 15) is 4.79 Å². The quantitative estimate of drug-likeness (QED) is 0.753. The maximum atomic E-state index is 12.4. The van der Waals surface area contributed by atoms with Crippen LogP contribution in [0, 0.1) is 6.92 Å². The van der Waals surface area contributed by atoms with Crippen LogP contribution >= 0.6 is 0 Å². The van der Waals surface area contributed by atoms with Gasteiger partial charge < -0.3 is 19.4 Å². The second-order valence-corrected chi connectivity index (χ2v) is 7.05. The lowest BCUT2D eigenvalue weighted by atomic mass is 10.3. The highest BCUT2D eigenvalue weighted by Crippen LogP contribution is 2.22. The van der Waals surface area contributed by atoms with Crippen molar-refractivity contribution in [1.82, 2.24) is 24.8 Å². The molecule has 0 aliphatic carbocycles. The minimum Gasteiger partial charge on any atom is -0.453 e. The van der Waals surface area contributed by atoms with Crippen molar-refractivity contribution in [2.45, 2.75) is 19.8 Å². The first-order valence-corrected chi connectivity index (χ1v) is 9.72. The van der Waals surface area contributed by atoms with E-state index in [4.69, 9.17) is 9.72 Å². The first kappa shape index (κ1) is 18.4. The Bertz CT molecular complexity index is 803. The SMILES string of the molecule is Cc1cc(N2CCCC2)nc(N2CCN(C(=O)COc3ncccn3)CC2)n1. The van der Waals surface area contributed by atoms with Gasteiger partial charge in [0, 0.05) is 63.4 Å². The van der Waals surface area contributed by atoms with E-state index in [1.165, 1.54) is 12.8 Å². The van der Waals surface area contributed by atoms with E-state index in [1.54, 1.807) is 23.4 Å². The summed E-state index contributed by atoms with van der Waals surface area (Å²) in [6.45, 7) is 6.72. The highest BCUT2D eigenvalue weighted by atomic mass is 16.5. The van der Waals surface area contributed by atoms with Crippen molar-refractivity contribution in [3.05, 3.63) is 30.2 Å². The van der Waals surface area contributed by atoms with Crippen LogP contribution in [-0.2, 0) is 4.79 Å². The normalized spacial score (nSPS) is 17.1. The molecule has 0 atom stereocenters. The van der Waals surface area contributed by atoms with Gasteiger partial charge in [0.15, 0.2) is 6.61 Å². The largest absolute Gasteiger partial charge is 0.453 e. The molecular weight excluding hydrogens is 358 g/mol. The van der Waals surface area contributed by atoms with Crippen molar-refractivity contribution in [2.75, 3.05) is 55.7 Å². The van der Waals surface area contributed by atoms with E-state index in [0.717, 1.165) is 30.5 Å². The lowest BCUT2D eigenvalue weighted by Gasteiger charge is -2.35. The monoisotopic (exact) mass is 383 g/mol. The first-order chi connectivity index (χ1) is 13.7. The average Bonchev–Trinajstić information content (AvgIpc) is 3.27. The van der Waals surface area contributed by atoms with Crippen molar-refractivity contribution < 1.29 is 9.53 Å². The molecule has 2 aliphatic heterocycles. The summed E-state index contributed by atoms with van der Waals surface area (Å²) in [5.41, 5.74) is 0.974. The van der Waals surface area contributed by atoms with Crippen LogP contribution in [0.1, 0.15) is 18.5 Å². The van der Waals surface area contributed by atoms with Crippen LogP contribution in [0.2, 0.25) is 0 Å². The Morgan fingerprint density at radius 1 is 1.00 bits per heavy atom. The van der Waals surface area contributed by atoms with Gasteiger partial charge in [-0.3, -0.25) is 4.79 Å². The number of carbonyl (C=O) groups is 1. The zero-order valence-corrected chi connectivity index (χ0v) is 16.1. The Morgan fingerprint density at radius 3 is 2.43 bits per heavy atom. The summed E-state index contributed by atoms with van der Waals surface area (Å²) < 4.78 is 5.36. The molecule has 2 fully saturated rings. The molecule has 1 amide bonds. The summed E-state index contributed by atoms with van der Waals surface area (Å²) in [4.78, 5) is 36.0. The topological polar surface area (TPSA) is 87.6 Å². The molecule has 0 saturated carbocycles. The fraction of sp³-hybridized carbons (Fsp3) is 0.526. The number of hydrogen-bond acceptors (Lipinski definition) is 8. The summed E-state index contributed by atoms with van der Waals surface area (Å²) in [5.74, 6) is 1.70. The predicted octanol–water partition coefficient (Wildman–Crippen LogP) is 0.903. The standard InChI is InChI=1S/C19H25N7O2/c1-15-13-16(24-7-2-3-8-24)23-18(22-15)26-11-9-25(10-12-26)17(27)14-28-19-20-5-4-6-21-19/h4-6,13H,2-3,7-12,14H2,1H3. The Hall–Kier alpha value is -2.97. The molecule has 4 heterocycles. The van der Waals surface area contributed by atoms with E-state index < -0.39 is 0 Å². The van der Waals surface area contributed by atoms with Crippen molar-refractivity contribution in [2.24, 2.45) is 0 Å². The molecule has 4 rings (SSSR count). The molecular formula is C19H25N7O2. The maximum absolute atomic E-state index is 12.4. The molecule has 0 unspecified atom stereocenters. The van der Waals surface area contributed by atoms with E-state index in [0.29, 0.717) is 26.2 Å². The molecule has 2 aromatic rings. The van der Waals surface area contributed by atoms with Gasteiger partial charge in [-0.25, -0.2) is 15.0 Å². The Balaban J connectivity index is 1.33. The van der Waals surface area contributed by atoms with Crippen LogP contribution in [-0.4, -0.2) is 76.6 Å². The Morgan fingerprint density at radius 2 is 1.71 bits per heavy atom. The molecule has 2 aromatic heterocycles. The van der Waals surface area contributed by atoms with E-state index in [-0.39, 0.29) is 18.5 Å². The number of anilines is 2. The van der Waals surface area contributed by atoms with Gasteiger partial charge in [0.05, 0.1) is 0 Å². The number of carbonyl (C=O) groups excluding carboxylic acids is 1. The highest BCUT2D eigenvalue weighted by Gasteiger charge is 2.24. The fourth-order valence-corrected chi connectivity index (χ4v) is 3.52. The predicted molar refractivity (Wildman–Crippen MR) is 105 cm³/mol. The number of aromatic nitrogens is 4. The van der Waals surface area contributed by atoms with Crippen molar-refractivity contribution in [1.29, 1.82) is 0 Å². The average molecular weight is 383 g/mol. The minimum absolute atomic E-state index is 0.0515. The second kappa shape index (κ2) is 8.37. The molecule has 2 aliphatic rings.